The number of methoxy groups -OCH3 is 1. The molecule has 0 bridgehead atoms. The highest BCUT2D eigenvalue weighted by Gasteiger charge is 2.33. The standard InChI is InChI=1S/C27H24N2O5S/c1-5-15-34-21-10-8-7-9-19(21)16-22-25(30)29-24(18-11-13-20(32-4)14-12-18)23(26(31)33-6-2)17(3)28-27(29)35-22/h1,7-14,16,24H,6,15H2,2-4H3/b22-16-. The number of nitrogens with zero attached hydrogens (tertiary/aromatic N) is 2. The van der Waals surface area contributed by atoms with Crippen LogP contribution in [-0.2, 0) is 9.53 Å². The Morgan fingerprint density at radius 2 is 1.97 bits per heavy atom. The summed E-state index contributed by atoms with van der Waals surface area (Å²) in [5.41, 5.74) is 2.03. The molecule has 0 amide bonds. The minimum absolute atomic E-state index is 0.117. The first kappa shape index (κ1) is 24.0. The van der Waals surface area contributed by atoms with Gasteiger partial charge >= 0.3 is 5.97 Å². The molecular weight excluding hydrogens is 464 g/mol. The van der Waals surface area contributed by atoms with Gasteiger partial charge in [0.05, 0.1) is 35.6 Å². The summed E-state index contributed by atoms with van der Waals surface area (Å²) in [6.45, 7) is 3.82. The molecule has 1 aliphatic rings. The molecule has 1 unspecified atom stereocenters. The Morgan fingerprint density at radius 1 is 1.23 bits per heavy atom. The number of ether oxygens (including phenoxy) is 3. The molecule has 3 aromatic rings. The maximum Gasteiger partial charge on any atom is 0.338 e. The Morgan fingerprint density at radius 3 is 2.66 bits per heavy atom. The van der Waals surface area contributed by atoms with Crippen molar-refractivity contribution in [2.24, 2.45) is 4.99 Å². The van der Waals surface area contributed by atoms with Crippen LogP contribution < -0.4 is 24.4 Å². The third-order valence-electron chi connectivity index (χ3n) is 5.47. The molecule has 7 nitrogen and oxygen atoms in total. The molecule has 35 heavy (non-hydrogen) atoms. The van der Waals surface area contributed by atoms with Crippen molar-refractivity contribution in [3.63, 3.8) is 0 Å². The Kier molecular flexibility index (Phi) is 7.18. The molecule has 0 radical (unpaired) electrons. The second kappa shape index (κ2) is 10.5. The van der Waals surface area contributed by atoms with Crippen molar-refractivity contribution < 1.29 is 19.0 Å². The number of carbonyl (C=O) groups is 1. The maximum absolute atomic E-state index is 13.7. The normalized spacial score (nSPS) is 15.1. The van der Waals surface area contributed by atoms with Gasteiger partial charge in [0, 0.05) is 5.56 Å². The molecule has 0 saturated heterocycles. The lowest BCUT2D eigenvalue weighted by Gasteiger charge is -2.24. The van der Waals surface area contributed by atoms with Crippen molar-refractivity contribution in [2.75, 3.05) is 20.3 Å². The molecule has 178 valence electrons. The summed E-state index contributed by atoms with van der Waals surface area (Å²) < 4.78 is 18.2. The fraction of sp³-hybridized carbons (Fsp3) is 0.222. The zero-order chi connectivity index (χ0) is 24.9. The van der Waals surface area contributed by atoms with E-state index in [0.29, 0.717) is 32.1 Å². The second-order valence-corrected chi connectivity index (χ2v) is 8.62. The monoisotopic (exact) mass is 488 g/mol. The summed E-state index contributed by atoms with van der Waals surface area (Å²) in [6, 6.07) is 13.9. The smallest absolute Gasteiger partial charge is 0.338 e. The SMILES string of the molecule is C#CCOc1ccccc1/C=c1\sc2n(c1=O)C(c1ccc(OC)cc1)C(C(=O)OCC)=C(C)N=2. The highest BCUT2D eigenvalue weighted by Crippen LogP contribution is 2.31. The van der Waals surface area contributed by atoms with Crippen LogP contribution >= 0.6 is 11.3 Å². The van der Waals surface area contributed by atoms with Crippen LogP contribution in [0.4, 0.5) is 0 Å². The molecule has 0 fully saturated rings. The molecule has 2 aromatic carbocycles. The fourth-order valence-electron chi connectivity index (χ4n) is 3.88. The van der Waals surface area contributed by atoms with E-state index in [2.05, 4.69) is 10.9 Å². The number of aromatic nitrogens is 1. The second-order valence-electron chi connectivity index (χ2n) is 7.61. The number of hydrogen-bond donors (Lipinski definition) is 0. The van der Waals surface area contributed by atoms with E-state index in [1.54, 1.807) is 49.8 Å². The number of thiazole rings is 1. The maximum atomic E-state index is 13.7. The Balaban J connectivity index is 1.92. The number of terminal acetylenes is 1. The van der Waals surface area contributed by atoms with Crippen LogP contribution in [0.5, 0.6) is 11.5 Å². The first-order valence-electron chi connectivity index (χ1n) is 11.0. The van der Waals surface area contributed by atoms with Crippen LogP contribution in [-0.4, -0.2) is 30.9 Å². The Bertz CT molecular complexity index is 1510. The fourth-order valence-corrected chi connectivity index (χ4v) is 4.92. The molecule has 0 spiro atoms. The van der Waals surface area contributed by atoms with Crippen LogP contribution in [0.3, 0.4) is 0 Å². The van der Waals surface area contributed by atoms with Gasteiger partial charge in [0.2, 0.25) is 0 Å². The lowest BCUT2D eigenvalue weighted by atomic mass is 9.96. The predicted octanol–water partition coefficient (Wildman–Crippen LogP) is 2.82. The van der Waals surface area contributed by atoms with Crippen LogP contribution in [0.2, 0.25) is 0 Å². The average Bonchev–Trinajstić information content (AvgIpc) is 3.17. The molecule has 1 atom stereocenters. The number of esters is 1. The lowest BCUT2D eigenvalue weighted by Crippen LogP contribution is -2.39. The highest BCUT2D eigenvalue weighted by molar-refractivity contribution is 7.07. The van der Waals surface area contributed by atoms with Crippen molar-refractivity contribution in [3.05, 3.63) is 90.6 Å². The van der Waals surface area contributed by atoms with Gasteiger partial charge in [-0.15, -0.1) is 6.42 Å². The number of carbonyl (C=O) groups excluding carboxylic acids is 1. The highest BCUT2D eigenvalue weighted by atomic mass is 32.1. The van der Waals surface area contributed by atoms with Gasteiger partial charge in [0.15, 0.2) is 4.80 Å². The van der Waals surface area contributed by atoms with Gasteiger partial charge in [0.25, 0.3) is 5.56 Å². The molecule has 1 aliphatic heterocycles. The topological polar surface area (TPSA) is 79.1 Å². The van der Waals surface area contributed by atoms with Crippen molar-refractivity contribution in [3.8, 4) is 23.8 Å². The minimum Gasteiger partial charge on any atom is -0.497 e. The van der Waals surface area contributed by atoms with E-state index in [0.717, 1.165) is 11.1 Å². The summed E-state index contributed by atoms with van der Waals surface area (Å²) in [7, 11) is 1.58. The summed E-state index contributed by atoms with van der Waals surface area (Å²) in [6.07, 6.45) is 7.08. The minimum atomic E-state index is -0.689. The summed E-state index contributed by atoms with van der Waals surface area (Å²) in [5.74, 6) is 3.19. The molecule has 0 saturated carbocycles. The van der Waals surface area contributed by atoms with Crippen LogP contribution in [0.25, 0.3) is 6.08 Å². The van der Waals surface area contributed by atoms with E-state index in [4.69, 9.17) is 20.6 Å². The van der Waals surface area contributed by atoms with E-state index < -0.39 is 12.0 Å². The molecule has 1 aromatic heterocycles. The first-order chi connectivity index (χ1) is 17.0. The quantitative estimate of drug-likeness (QED) is 0.378. The van der Waals surface area contributed by atoms with Crippen LogP contribution in [0.15, 0.2) is 69.6 Å². The summed E-state index contributed by atoms with van der Waals surface area (Å²) >= 11 is 1.25. The van der Waals surface area contributed by atoms with Crippen LogP contribution in [0.1, 0.15) is 31.0 Å². The van der Waals surface area contributed by atoms with Gasteiger partial charge < -0.3 is 14.2 Å². The predicted molar refractivity (Wildman–Crippen MR) is 134 cm³/mol. The van der Waals surface area contributed by atoms with Crippen LogP contribution in [0, 0.1) is 12.3 Å². The van der Waals surface area contributed by atoms with Gasteiger partial charge in [-0.25, -0.2) is 9.79 Å². The van der Waals surface area contributed by atoms with Crippen molar-refractivity contribution in [1.82, 2.24) is 4.57 Å². The van der Waals surface area contributed by atoms with Gasteiger partial charge in [-0.2, -0.15) is 0 Å². The summed E-state index contributed by atoms with van der Waals surface area (Å²) in [4.78, 5) is 31.7. The first-order valence-corrected chi connectivity index (χ1v) is 11.8. The molecule has 4 rings (SSSR count). The number of benzene rings is 2. The van der Waals surface area contributed by atoms with Crippen molar-refractivity contribution in [1.29, 1.82) is 0 Å². The number of para-hydroxylation sites is 1. The van der Waals surface area contributed by atoms with E-state index in [-0.39, 0.29) is 18.8 Å². The zero-order valence-electron chi connectivity index (χ0n) is 19.6. The van der Waals surface area contributed by atoms with Gasteiger partial charge in [-0.05, 0) is 43.7 Å². The number of allylic oxidation sites excluding steroid dienone is 1. The molecule has 0 aliphatic carbocycles. The van der Waals surface area contributed by atoms with Crippen molar-refractivity contribution in [2.45, 2.75) is 19.9 Å². The molecule has 8 heteroatoms. The molecule has 2 heterocycles. The van der Waals surface area contributed by atoms with E-state index in [1.165, 1.54) is 11.3 Å². The largest absolute Gasteiger partial charge is 0.497 e. The third kappa shape index (κ3) is 4.77. The Hall–Kier alpha value is -4.09. The zero-order valence-corrected chi connectivity index (χ0v) is 20.4. The van der Waals surface area contributed by atoms with E-state index >= 15 is 0 Å². The average molecular weight is 489 g/mol. The van der Waals surface area contributed by atoms with Crippen molar-refractivity contribution >= 4 is 23.4 Å². The third-order valence-corrected chi connectivity index (χ3v) is 6.45. The van der Waals surface area contributed by atoms with E-state index in [1.807, 2.05) is 30.3 Å². The van der Waals surface area contributed by atoms with E-state index in [9.17, 15) is 9.59 Å². The number of rotatable bonds is 7. The van der Waals surface area contributed by atoms with Gasteiger partial charge in [-0.1, -0.05) is 47.6 Å². The molecular formula is C27H24N2O5S. The summed E-state index contributed by atoms with van der Waals surface area (Å²) in [5, 5.41) is 0. The Labute approximate surface area is 206 Å². The van der Waals surface area contributed by atoms with Gasteiger partial charge in [0.1, 0.15) is 18.1 Å². The lowest BCUT2D eigenvalue weighted by molar-refractivity contribution is -0.139. The number of fused-ring (bicyclic) bond motifs is 1. The van der Waals surface area contributed by atoms with Gasteiger partial charge in [-0.3, -0.25) is 9.36 Å². The molecule has 0 N–H and O–H groups in total. The number of hydrogen-bond acceptors (Lipinski definition) is 7.